The van der Waals surface area contributed by atoms with Crippen molar-refractivity contribution in [3.8, 4) is 23.0 Å². The zero-order valence-corrected chi connectivity index (χ0v) is 16.8. The lowest BCUT2D eigenvalue weighted by Crippen LogP contribution is -2.01. The normalized spacial score (nSPS) is 11.7. The Morgan fingerprint density at radius 1 is 0.893 bits per heavy atom. The second-order valence-corrected chi connectivity index (χ2v) is 7.70. The van der Waals surface area contributed by atoms with E-state index in [2.05, 4.69) is 4.98 Å². The van der Waals surface area contributed by atoms with Crippen LogP contribution in [0.25, 0.3) is 17.0 Å². The van der Waals surface area contributed by atoms with Crippen LogP contribution >= 0.6 is 0 Å². The summed E-state index contributed by atoms with van der Waals surface area (Å²) in [5.41, 5.74) is 1.61. The molecule has 8 heteroatoms. The van der Waals surface area contributed by atoms with E-state index >= 15 is 0 Å². The number of aromatic amines is 1. The van der Waals surface area contributed by atoms with E-state index in [1.165, 1.54) is 39.5 Å². The molecular formula is C20H21NO6S. The number of nitrogens with one attached hydrogen (secondary N) is 1. The van der Waals surface area contributed by atoms with E-state index in [0.717, 1.165) is 21.9 Å². The minimum Gasteiger partial charge on any atom is -0.497 e. The number of H-pyrrole nitrogens is 1. The van der Waals surface area contributed by atoms with E-state index < -0.39 is 9.84 Å². The number of aromatic nitrogens is 1. The van der Waals surface area contributed by atoms with Crippen molar-refractivity contribution in [2.24, 2.45) is 0 Å². The Hall–Kier alpha value is -3.13. The molecule has 0 fully saturated rings. The summed E-state index contributed by atoms with van der Waals surface area (Å²) in [6.45, 7) is 0. The van der Waals surface area contributed by atoms with E-state index in [1.807, 2.05) is 18.2 Å². The van der Waals surface area contributed by atoms with Gasteiger partial charge in [-0.25, -0.2) is 8.42 Å². The fourth-order valence-electron chi connectivity index (χ4n) is 2.85. The molecule has 0 aliphatic carbocycles. The van der Waals surface area contributed by atoms with Crippen LogP contribution in [-0.2, 0) is 9.84 Å². The van der Waals surface area contributed by atoms with Gasteiger partial charge in [-0.3, -0.25) is 0 Å². The topological polar surface area (TPSA) is 86.9 Å². The number of fused-ring (bicyclic) bond motifs is 1. The molecule has 0 atom stereocenters. The van der Waals surface area contributed by atoms with E-state index in [-0.39, 0.29) is 16.4 Å². The first kappa shape index (κ1) is 19.6. The molecule has 28 heavy (non-hydrogen) atoms. The molecule has 148 valence electrons. The lowest BCUT2D eigenvalue weighted by atomic mass is 10.1. The minimum atomic E-state index is -3.75. The van der Waals surface area contributed by atoms with Crippen molar-refractivity contribution >= 4 is 26.8 Å². The summed E-state index contributed by atoms with van der Waals surface area (Å²) in [7, 11) is 2.15. The predicted molar refractivity (Wildman–Crippen MR) is 107 cm³/mol. The molecule has 2 aromatic carbocycles. The van der Waals surface area contributed by atoms with Crippen LogP contribution in [0, 0.1) is 0 Å². The van der Waals surface area contributed by atoms with E-state index in [0.29, 0.717) is 11.5 Å². The summed E-state index contributed by atoms with van der Waals surface area (Å²) in [5, 5.41) is 2.01. The smallest absolute Gasteiger partial charge is 0.203 e. The molecule has 0 aliphatic heterocycles. The van der Waals surface area contributed by atoms with Gasteiger partial charge in [-0.15, -0.1) is 0 Å². The Kier molecular flexibility index (Phi) is 5.51. The van der Waals surface area contributed by atoms with Crippen LogP contribution in [0.1, 0.15) is 5.56 Å². The molecule has 0 unspecified atom stereocenters. The van der Waals surface area contributed by atoms with Gasteiger partial charge in [0.1, 0.15) is 5.75 Å². The van der Waals surface area contributed by atoms with E-state index in [4.69, 9.17) is 18.9 Å². The third kappa shape index (κ3) is 3.63. The summed E-state index contributed by atoms with van der Waals surface area (Å²) >= 11 is 0. The molecule has 0 saturated heterocycles. The highest BCUT2D eigenvalue weighted by atomic mass is 32.2. The maximum atomic E-state index is 12.8. The van der Waals surface area contributed by atoms with Crippen LogP contribution in [0.5, 0.6) is 23.0 Å². The number of rotatable bonds is 7. The van der Waals surface area contributed by atoms with Crippen LogP contribution in [-0.4, -0.2) is 41.8 Å². The highest BCUT2D eigenvalue weighted by Gasteiger charge is 2.19. The first-order chi connectivity index (χ1) is 13.4. The number of benzene rings is 2. The molecule has 0 radical (unpaired) electrons. The van der Waals surface area contributed by atoms with Crippen LogP contribution in [0.3, 0.4) is 0 Å². The van der Waals surface area contributed by atoms with Gasteiger partial charge in [0.25, 0.3) is 0 Å². The summed E-state index contributed by atoms with van der Waals surface area (Å²) < 4.78 is 46.6. The molecule has 0 amide bonds. The van der Waals surface area contributed by atoms with Crippen molar-refractivity contribution in [3.63, 3.8) is 0 Å². The van der Waals surface area contributed by atoms with Gasteiger partial charge in [-0.2, -0.15) is 0 Å². The standard InChI is InChI=1S/C20H21NO6S/c1-24-14-5-6-17-16(9-14)13(12-21-17)7-8-28(22,23)15-10-18(25-2)20(27-4)19(11-15)26-3/h5-12,21H,1-4H3/b8-7+. The number of sulfone groups is 1. The number of methoxy groups -OCH3 is 4. The van der Waals surface area contributed by atoms with Crippen LogP contribution in [0.2, 0.25) is 0 Å². The van der Waals surface area contributed by atoms with Crippen molar-refractivity contribution in [1.82, 2.24) is 4.98 Å². The van der Waals surface area contributed by atoms with Crippen LogP contribution < -0.4 is 18.9 Å². The van der Waals surface area contributed by atoms with Gasteiger partial charge in [-0.1, -0.05) is 0 Å². The Bertz CT molecular complexity index is 1110. The SMILES string of the molecule is COc1ccc2[nH]cc(/C=C/S(=O)(=O)c3cc(OC)c(OC)c(OC)c3)c2c1. The first-order valence-corrected chi connectivity index (χ1v) is 9.86. The molecular weight excluding hydrogens is 382 g/mol. The minimum absolute atomic E-state index is 0.0377. The van der Waals surface area contributed by atoms with Crippen molar-refractivity contribution in [2.45, 2.75) is 4.90 Å². The average molecular weight is 403 g/mol. The summed E-state index contributed by atoms with van der Waals surface area (Å²) in [5.74, 6) is 1.56. The van der Waals surface area contributed by atoms with Crippen molar-refractivity contribution < 1.29 is 27.4 Å². The average Bonchev–Trinajstić information content (AvgIpc) is 3.13. The van der Waals surface area contributed by atoms with Crippen molar-refractivity contribution in [2.75, 3.05) is 28.4 Å². The summed E-state index contributed by atoms with van der Waals surface area (Å²) in [4.78, 5) is 3.15. The molecule has 7 nitrogen and oxygen atoms in total. The Labute approximate surface area is 163 Å². The Balaban J connectivity index is 2.02. The number of hydrogen-bond acceptors (Lipinski definition) is 6. The molecule has 0 aliphatic rings. The number of ether oxygens (including phenoxy) is 4. The first-order valence-electron chi connectivity index (χ1n) is 8.31. The second kappa shape index (κ2) is 7.85. The fraction of sp³-hybridized carbons (Fsp3) is 0.200. The van der Waals surface area contributed by atoms with Gasteiger partial charge in [0.2, 0.25) is 5.75 Å². The summed E-state index contributed by atoms with van der Waals surface area (Å²) in [6.07, 6.45) is 3.28. The molecule has 0 saturated carbocycles. The van der Waals surface area contributed by atoms with Gasteiger partial charge >= 0.3 is 0 Å². The molecule has 3 aromatic rings. The zero-order chi connectivity index (χ0) is 20.3. The van der Waals surface area contributed by atoms with Crippen LogP contribution in [0.4, 0.5) is 0 Å². The van der Waals surface area contributed by atoms with Crippen molar-refractivity contribution in [3.05, 3.63) is 47.5 Å². The van der Waals surface area contributed by atoms with Crippen LogP contribution in [0.15, 0.2) is 46.8 Å². The van der Waals surface area contributed by atoms with Gasteiger partial charge in [0.15, 0.2) is 21.3 Å². The molecule has 1 N–H and O–H groups in total. The lowest BCUT2D eigenvalue weighted by Gasteiger charge is -2.13. The monoisotopic (exact) mass is 403 g/mol. The third-order valence-electron chi connectivity index (χ3n) is 4.31. The number of hydrogen-bond donors (Lipinski definition) is 1. The van der Waals surface area contributed by atoms with Gasteiger partial charge < -0.3 is 23.9 Å². The van der Waals surface area contributed by atoms with Crippen molar-refractivity contribution in [1.29, 1.82) is 0 Å². The quantitative estimate of drug-likeness (QED) is 0.648. The Morgan fingerprint density at radius 3 is 2.14 bits per heavy atom. The van der Waals surface area contributed by atoms with Gasteiger partial charge in [0, 0.05) is 40.2 Å². The highest BCUT2D eigenvalue weighted by molar-refractivity contribution is 7.94. The van der Waals surface area contributed by atoms with E-state index in [9.17, 15) is 8.42 Å². The van der Waals surface area contributed by atoms with Gasteiger partial charge in [0.05, 0.1) is 33.3 Å². The maximum Gasteiger partial charge on any atom is 0.203 e. The largest absolute Gasteiger partial charge is 0.497 e. The maximum absolute atomic E-state index is 12.8. The third-order valence-corrected chi connectivity index (χ3v) is 5.70. The lowest BCUT2D eigenvalue weighted by molar-refractivity contribution is 0.323. The van der Waals surface area contributed by atoms with E-state index in [1.54, 1.807) is 13.3 Å². The second-order valence-electron chi connectivity index (χ2n) is 5.86. The van der Waals surface area contributed by atoms with Gasteiger partial charge in [-0.05, 0) is 24.3 Å². The zero-order valence-electron chi connectivity index (χ0n) is 16.0. The molecule has 1 heterocycles. The predicted octanol–water partition coefficient (Wildman–Crippen LogP) is 3.65. The molecule has 0 spiro atoms. The summed E-state index contributed by atoms with van der Waals surface area (Å²) in [6, 6.07) is 8.36. The molecule has 3 rings (SSSR count). The highest BCUT2D eigenvalue weighted by Crippen LogP contribution is 2.40. The Morgan fingerprint density at radius 2 is 1.57 bits per heavy atom. The molecule has 1 aromatic heterocycles. The fourth-order valence-corrected chi connectivity index (χ4v) is 3.87. The molecule has 0 bridgehead atoms.